The average Bonchev–Trinajstić information content (AvgIpc) is 2.83. The quantitative estimate of drug-likeness (QED) is 0.675. The summed E-state index contributed by atoms with van der Waals surface area (Å²) in [6, 6.07) is -0.385. The van der Waals surface area contributed by atoms with Gasteiger partial charge in [-0.15, -0.1) is 0 Å². The first-order valence-corrected chi connectivity index (χ1v) is 5.89. The van der Waals surface area contributed by atoms with Crippen LogP contribution in [0.1, 0.15) is 20.8 Å². The predicted molar refractivity (Wildman–Crippen MR) is 68.5 cm³/mol. The molecular weight excluding hydrogens is 248 g/mol. The number of aliphatic imine (C=N–C) groups is 1. The number of hydrogen-bond donors (Lipinski definition) is 0. The maximum absolute atomic E-state index is 12.0. The summed E-state index contributed by atoms with van der Waals surface area (Å²) in [5.74, 6) is -0.443. The molecule has 1 aliphatic carbocycles. The molecule has 0 radical (unpaired) electrons. The Hall–Kier alpha value is -2.11. The van der Waals surface area contributed by atoms with E-state index in [1.54, 1.807) is 32.9 Å². The Morgan fingerprint density at radius 1 is 1.37 bits per heavy atom. The van der Waals surface area contributed by atoms with Gasteiger partial charge >= 0.3 is 12.1 Å². The smallest absolute Gasteiger partial charge is 0.416 e. The van der Waals surface area contributed by atoms with Gasteiger partial charge in [-0.25, -0.2) is 14.6 Å². The lowest BCUT2D eigenvalue weighted by molar-refractivity contribution is -0.135. The molecule has 0 saturated carbocycles. The van der Waals surface area contributed by atoms with Crippen molar-refractivity contribution in [2.75, 3.05) is 7.11 Å². The number of methoxy groups -OCH3 is 1. The maximum Gasteiger partial charge on any atom is 0.416 e. The predicted octanol–water partition coefficient (Wildman–Crippen LogP) is 1.63. The highest BCUT2D eigenvalue weighted by Crippen LogP contribution is 2.29. The normalized spacial score (nSPS) is 20.8. The molecule has 6 nitrogen and oxygen atoms in total. The molecule has 102 valence electrons. The van der Waals surface area contributed by atoms with Crippen molar-refractivity contribution in [3.8, 4) is 0 Å². The zero-order chi connectivity index (χ0) is 14.2. The zero-order valence-corrected chi connectivity index (χ0v) is 11.3. The molecule has 0 aromatic rings. The Kier molecular flexibility index (Phi) is 3.18. The molecule has 1 unspecified atom stereocenters. The van der Waals surface area contributed by atoms with Crippen LogP contribution >= 0.6 is 0 Å². The van der Waals surface area contributed by atoms with Crippen LogP contribution in [0.2, 0.25) is 0 Å². The topological polar surface area (TPSA) is 68.2 Å². The van der Waals surface area contributed by atoms with Crippen LogP contribution in [0.15, 0.2) is 28.4 Å². The fourth-order valence-corrected chi connectivity index (χ4v) is 1.81. The lowest BCUT2D eigenvalue weighted by Crippen LogP contribution is -2.39. The van der Waals surface area contributed by atoms with Crippen LogP contribution < -0.4 is 0 Å². The number of fused-ring (bicyclic) bond motifs is 1. The van der Waals surface area contributed by atoms with Crippen LogP contribution in [-0.4, -0.2) is 42.1 Å². The lowest BCUT2D eigenvalue weighted by Gasteiger charge is -2.25. The highest BCUT2D eigenvalue weighted by atomic mass is 16.6. The number of amides is 1. The van der Waals surface area contributed by atoms with Crippen molar-refractivity contribution < 1.29 is 19.1 Å². The summed E-state index contributed by atoms with van der Waals surface area (Å²) in [6.45, 7) is 5.37. The SMILES string of the molecule is COC(=O)C1=CC2C(=C1)N=CN2C(=O)OC(C)(C)C. The lowest BCUT2D eigenvalue weighted by atomic mass is 10.2. The molecule has 19 heavy (non-hydrogen) atoms. The highest BCUT2D eigenvalue weighted by molar-refractivity contribution is 5.95. The molecule has 6 heteroatoms. The third-order valence-electron chi connectivity index (χ3n) is 2.60. The first-order valence-electron chi connectivity index (χ1n) is 5.89. The molecule has 1 heterocycles. The number of nitrogens with zero attached hydrogens (tertiary/aromatic N) is 2. The molecule has 0 fully saturated rings. The molecule has 0 N–H and O–H groups in total. The number of rotatable bonds is 1. The second-order valence-corrected chi connectivity index (χ2v) is 5.26. The average molecular weight is 264 g/mol. The van der Waals surface area contributed by atoms with E-state index >= 15 is 0 Å². The third kappa shape index (κ3) is 2.67. The van der Waals surface area contributed by atoms with Crippen LogP contribution in [0, 0.1) is 0 Å². The van der Waals surface area contributed by atoms with E-state index in [4.69, 9.17) is 4.74 Å². The minimum atomic E-state index is -0.578. The van der Waals surface area contributed by atoms with Crippen molar-refractivity contribution in [3.05, 3.63) is 23.4 Å². The van der Waals surface area contributed by atoms with Gasteiger partial charge in [0.05, 0.1) is 18.4 Å². The van der Waals surface area contributed by atoms with Crippen LogP contribution in [-0.2, 0) is 14.3 Å². The molecular formula is C13H16N2O4. The van der Waals surface area contributed by atoms with Crippen molar-refractivity contribution in [1.29, 1.82) is 0 Å². The van der Waals surface area contributed by atoms with Gasteiger partial charge in [-0.05, 0) is 32.9 Å². The Morgan fingerprint density at radius 2 is 2.05 bits per heavy atom. The summed E-state index contributed by atoms with van der Waals surface area (Å²) in [4.78, 5) is 28.9. The molecule has 0 aromatic heterocycles. The summed E-state index contributed by atoms with van der Waals surface area (Å²) < 4.78 is 9.91. The fourth-order valence-electron chi connectivity index (χ4n) is 1.81. The van der Waals surface area contributed by atoms with Gasteiger partial charge in [0.1, 0.15) is 18.0 Å². The molecule has 0 spiro atoms. The standard InChI is InChI=1S/C13H16N2O4/c1-13(2,3)19-12(17)15-7-14-9-5-8(6-10(9)15)11(16)18-4/h5-7,10H,1-4H3. The van der Waals surface area contributed by atoms with E-state index in [2.05, 4.69) is 9.73 Å². The van der Waals surface area contributed by atoms with Crippen molar-refractivity contribution in [3.63, 3.8) is 0 Å². The number of carbonyl (C=O) groups excluding carboxylic acids is 2. The van der Waals surface area contributed by atoms with Crippen molar-refractivity contribution in [1.82, 2.24) is 4.90 Å². The first kappa shape index (κ1) is 13.3. The zero-order valence-electron chi connectivity index (χ0n) is 11.3. The monoisotopic (exact) mass is 264 g/mol. The molecule has 1 amide bonds. The fraction of sp³-hybridized carbons (Fsp3) is 0.462. The van der Waals surface area contributed by atoms with E-state index in [0.29, 0.717) is 11.3 Å². The van der Waals surface area contributed by atoms with Gasteiger partial charge in [0.25, 0.3) is 0 Å². The highest BCUT2D eigenvalue weighted by Gasteiger charge is 2.36. The molecule has 0 saturated heterocycles. The van der Waals surface area contributed by atoms with Gasteiger partial charge < -0.3 is 9.47 Å². The van der Waals surface area contributed by atoms with Gasteiger partial charge in [-0.1, -0.05) is 0 Å². The van der Waals surface area contributed by atoms with Crippen molar-refractivity contribution in [2.45, 2.75) is 32.4 Å². The summed E-state index contributed by atoms with van der Waals surface area (Å²) in [5.41, 5.74) is 0.449. The van der Waals surface area contributed by atoms with Gasteiger partial charge in [-0.3, -0.25) is 4.90 Å². The largest absolute Gasteiger partial charge is 0.465 e. The first-order chi connectivity index (χ1) is 8.81. The van der Waals surface area contributed by atoms with Crippen LogP contribution in [0.3, 0.4) is 0 Å². The minimum absolute atomic E-state index is 0.385. The van der Waals surface area contributed by atoms with E-state index in [-0.39, 0.29) is 6.04 Å². The van der Waals surface area contributed by atoms with Crippen molar-refractivity contribution in [2.24, 2.45) is 4.99 Å². The minimum Gasteiger partial charge on any atom is -0.465 e. The Morgan fingerprint density at radius 3 is 2.63 bits per heavy atom. The summed E-state index contributed by atoms with van der Waals surface area (Å²) in [5, 5.41) is 0. The summed E-state index contributed by atoms with van der Waals surface area (Å²) in [6.07, 6.45) is 4.16. The van der Waals surface area contributed by atoms with E-state index < -0.39 is 17.7 Å². The molecule has 2 rings (SSSR count). The van der Waals surface area contributed by atoms with Crippen LogP contribution in [0.25, 0.3) is 0 Å². The summed E-state index contributed by atoms with van der Waals surface area (Å²) in [7, 11) is 1.31. The van der Waals surface area contributed by atoms with Crippen LogP contribution in [0.4, 0.5) is 4.79 Å². The second kappa shape index (κ2) is 4.53. The third-order valence-corrected chi connectivity index (χ3v) is 2.60. The molecule has 2 aliphatic rings. The van der Waals surface area contributed by atoms with Gasteiger partial charge in [0.2, 0.25) is 0 Å². The maximum atomic E-state index is 12.0. The Bertz CT molecular complexity index is 511. The van der Waals surface area contributed by atoms with Gasteiger partial charge in [-0.2, -0.15) is 0 Å². The molecule has 0 bridgehead atoms. The Labute approximate surface area is 111 Å². The number of hydrogen-bond acceptors (Lipinski definition) is 5. The Balaban J connectivity index is 2.14. The van der Waals surface area contributed by atoms with Gasteiger partial charge in [0.15, 0.2) is 0 Å². The van der Waals surface area contributed by atoms with Gasteiger partial charge in [0, 0.05) is 0 Å². The van der Waals surface area contributed by atoms with E-state index in [1.165, 1.54) is 18.3 Å². The number of esters is 1. The number of ether oxygens (including phenoxy) is 2. The summed E-state index contributed by atoms with van der Waals surface area (Å²) >= 11 is 0. The van der Waals surface area contributed by atoms with E-state index in [9.17, 15) is 9.59 Å². The van der Waals surface area contributed by atoms with Crippen molar-refractivity contribution >= 4 is 18.4 Å². The molecule has 0 aromatic carbocycles. The number of carbonyl (C=O) groups is 2. The van der Waals surface area contributed by atoms with E-state index in [0.717, 1.165) is 0 Å². The van der Waals surface area contributed by atoms with Crippen LogP contribution in [0.5, 0.6) is 0 Å². The van der Waals surface area contributed by atoms with E-state index in [1.807, 2.05) is 0 Å². The second-order valence-electron chi connectivity index (χ2n) is 5.26. The molecule has 1 aliphatic heterocycles. The molecule has 1 atom stereocenters.